The van der Waals surface area contributed by atoms with Gasteiger partial charge in [0.25, 0.3) is 0 Å². The van der Waals surface area contributed by atoms with Gasteiger partial charge in [-0.15, -0.1) is 0 Å². The van der Waals surface area contributed by atoms with Crippen LogP contribution in [-0.2, 0) is 14.3 Å². The van der Waals surface area contributed by atoms with Crippen LogP contribution in [-0.4, -0.2) is 44.3 Å². The van der Waals surface area contributed by atoms with E-state index in [0.717, 1.165) is 0 Å². The van der Waals surface area contributed by atoms with E-state index in [0.29, 0.717) is 43.0 Å². The molecule has 0 radical (unpaired) electrons. The van der Waals surface area contributed by atoms with Crippen molar-refractivity contribution in [3.05, 3.63) is 28.0 Å². The summed E-state index contributed by atoms with van der Waals surface area (Å²) in [4.78, 5) is 27.1. The summed E-state index contributed by atoms with van der Waals surface area (Å²) in [7, 11) is 2.90. The van der Waals surface area contributed by atoms with Crippen molar-refractivity contribution in [2.75, 3.05) is 20.8 Å². The third-order valence-corrected chi connectivity index (χ3v) is 6.17. The topological polar surface area (TPSA) is 80.3 Å². The summed E-state index contributed by atoms with van der Waals surface area (Å²) in [6.45, 7) is 4.22. The minimum absolute atomic E-state index is 0.126. The molecule has 29 heavy (non-hydrogen) atoms. The summed E-state index contributed by atoms with van der Waals surface area (Å²) < 4.78 is 28.2. The molecule has 8 heteroatoms. The van der Waals surface area contributed by atoms with E-state index >= 15 is 0 Å². The summed E-state index contributed by atoms with van der Waals surface area (Å²) in [5.74, 6) is 0.00900. The third-order valence-electron chi connectivity index (χ3n) is 5.81. The van der Waals surface area contributed by atoms with E-state index in [9.17, 15) is 9.59 Å². The second-order valence-corrected chi connectivity index (χ2v) is 7.72. The van der Waals surface area contributed by atoms with Gasteiger partial charge >= 0.3 is 0 Å². The molecule has 1 aromatic carbocycles. The minimum Gasteiger partial charge on any atom is -0.496 e. The van der Waals surface area contributed by atoms with E-state index in [4.69, 9.17) is 35.3 Å². The summed E-state index contributed by atoms with van der Waals surface area (Å²) in [6, 6.07) is 1.53. The number of ketones is 2. The summed E-state index contributed by atoms with van der Waals surface area (Å²) in [5, 5.41) is 0.143. The van der Waals surface area contributed by atoms with Crippen LogP contribution in [0.1, 0.15) is 43.5 Å². The lowest BCUT2D eigenvalue weighted by Gasteiger charge is -2.40. The Labute approximate surface area is 173 Å². The molecular formula is C21H23ClO7. The molecule has 1 spiro atoms. The number of benzene rings is 1. The van der Waals surface area contributed by atoms with E-state index in [1.165, 1.54) is 20.3 Å². The number of hydrogen-bond acceptors (Lipinski definition) is 7. The van der Waals surface area contributed by atoms with Crippen LogP contribution in [0.3, 0.4) is 0 Å². The number of carbonyl (C=O) groups is 2. The fraction of sp³-hybridized carbons (Fsp3) is 0.524. The van der Waals surface area contributed by atoms with Gasteiger partial charge in [-0.3, -0.25) is 9.59 Å². The maximum atomic E-state index is 13.6. The molecule has 0 bridgehead atoms. The van der Waals surface area contributed by atoms with E-state index < -0.39 is 17.3 Å². The highest BCUT2D eigenvalue weighted by atomic mass is 35.5. The van der Waals surface area contributed by atoms with Crippen LogP contribution in [0.5, 0.6) is 17.2 Å². The van der Waals surface area contributed by atoms with Crippen LogP contribution >= 0.6 is 11.6 Å². The quantitative estimate of drug-likeness (QED) is 0.684. The number of ether oxygens (including phenoxy) is 5. The highest BCUT2D eigenvalue weighted by molar-refractivity contribution is 6.36. The molecule has 1 aliphatic carbocycles. The lowest BCUT2D eigenvalue weighted by Crippen LogP contribution is -2.57. The van der Waals surface area contributed by atoms with Crippen molar-refractivity contribution in [1.29, 1.82) is 0 Å². The number of rotatable bonds is 4. The molecule has 1 unspecified atom stereocenters. The Balaban J connectivity index is 1.79. The Bertz CT molecular complexity index is 922. The number of hydrogen-bond donors (Lipinski definition) is 0. The predicted molar refractivity (Wildman–Crippen MR) is 104 cm³/mol. The number of methoxy groups -OCH3 is 2. The zero-order valence-corrected chi connectivity index (χ0v) is 17.6. The van der Waals surface area contributed by atoms with Gasteiger partial charge in [-0.1, -0.05) is 18.5 Å². The monoisotopic (exact) mass is 422 g/mol. The maximum absolute atomic E-state index is 13.6. The molecule has 1 aromatic rings. The van der Waals surface area contributed by atoms with Gasteiger partial charge in [0.05, 0.1) is 14.2 Å². The molecular weight excluding hydrogens is 400 g/mol. The molecule has 7 nitrogen and oxygen atoms in total. The van der Waals surface area contributed by atoms with Crippen molar-refractivity contribution < 1.29 is 33.3 Å². The van der Waals surface area contributed by atoms with E-state index in [1.54, 1.807) is 6.92 Å². The molecule has 156 valence electrons. The van der Waals surface area contributed by atoms with Gasteiger partial charge in [-0.05, 0) is 13.3 Å². The van der Waals surface area contributed by atoms with E-state index in [2.05, 4.69) is 0 Å². The standard InChI is InChI=1S/C21H23ClO7/c1-5-27-15-7-6-11-12(28-15)8-10(2)21(19(11)23)20(24)16-13(25-3)9-14(26-4)17(22)18(16)29-21/h9-10,15H,5-8H2,1-4H3/t10-,15?,21+/m1/s1. The highest BCUT2D eigenvalue weighted by Crippen LogP contribution is 2.54. The largest absolute Gasteiger partial charge is 0.496 e. The van der Waals surface area contributed by atoms with Gasteiger partial charge in [-0.25, -0.2) is 0 Å². The van der Waals surface area contributed by atoms with Gasteiger partial charge in [0.15, 0.2) is 12.0 Å². The molecule has 2 aliphatic heterocycles. The van der Waals surface area contributed by atoms with Gasteiger partial charge in [0.1, 0.15) is 27.8 Å². The van der Waals surface area contributed by atoms with Crippen molar-refractivity contribution >= 4 is 23.2 Å². The Morgan fingerprint density at radius 1 is 1.21 bits per heavy atom. The average molecular weight is 423 g/mol. The smallest absolute Gasteiger partial charge is 0.236 e. The first-order valence-electron chi connectivity index (χ1n) is 9.62. The SMILES string of the molecule is CCOC1CCC2=C(C[C@@H](C)[C@]3(Oc4c(Cl)c(OC)cc(OC)c4C3=O)C2=O)O1. The van der Waals surface area contributed by atoms with Gasteiger partial charge in [0, 0.05) is 37.0 Å². The van der Waals surface area contributed by atoms with Crippen LogP contribution in [0.4, 0.5) is 0 Å². The van der Waals surface area contributed by atoms with Crippen LogP contribution < -0.4 is 14.2 Å². The first kappa shape index (κ1) is 20.0. The second kappa shape index (κ2) is 7.22. The van der Waals surface area contributed by atoms with Crippen molar-refractivity contribution in [3.8, 4) is 17.2 Å². The molecule has 0 fully saturated rings. The third kappa shape index (κ3) is 2.74. The highest BCUT2D eigenvalue weighted by Gasteiger charge is 2.62. The van der Waals surface area contributed by atoms with Crippen molar-refractivity contribution in [2.45, 2.75) is 45.0 Å². The zero-order chi connectivity index (χ0) is 20.9. The van der Waals surface area contributed by atoms with Gasteiger partial charge < -0.3 is 23.7 Å². The van der Waals surface area contributed by atoms with Crippen molar-refractivity contribution in [2.24, 2.45) is 5.92 Å². The Morgan fingerprint density at radius 3 is 2.59 bits per heavy atom. The van der Waals surface area contributed by atoms with Crippen LogP contribution in [0.2, 0.25) is 5.02 Å². The maximum Gasteiger partial charge on any atom is 0.236 e. The van der Waals surface area contributed by atoms with Crippen molar-refractivity contribution in [3.63, 3.8) is 0 Å². The first-order chi connectivity index (χ1) is 13.9. The second-order valence-electron chi connectivity index (χ2n) is 7.34. The molecule has 3 aliphatic rings. The van der Waals surface area contributed by atoms with Gasteiger partial charge in [-0.2, -0.15) is 0 Å². The predicted octanol–water partition coefficient (Wildman–Crippen LogP) is 3.71. The molecule has 0 saturated heterocycles. The lowest BCUT2D eigenvalue weighted by molar-refractivity contribution is -0.145. The Kier molecular flexibility index (Phi) is 4.99. The minimum atomic E-state index is -1.67. The Hall–Kier alpha value is -2.25. The molecule has 2 heterocycles. The van der Waals surface area contributed by atoms with Crippen LogP contribution in [0.25, 0.3) is 0 Å². The normalized spacial score (nSPS) is 28.0. The summed E-state index contributed by atoms with van der Waals surface area (Å²) in [6.07, 6.45) is 1.03. The fourth-order valence-corrected chi connectivity index (χ4v) is 4.61. The zero-order valence-electron chi connectivity index (χ0n) is 16.8. The number of allylic oxidation sites excluding steroid dienone is 1. The van der Waals surface area contributed by atoms with Crippen LogP contribution in [0, 0.1) is 5.92 Å². The number of halogens is 1. The molecule has 0 N–H and O–H groups in total. The number of carbonyl (C=O) groups excluding carboxylic acids is 2. The fourth-order valence-electron chi connectivity index (χ4n) is 4.35. The number of Topliss-reactive ketones (excluding diaryl/α,β-unsaturated/α-hetero) is 2. The molecule has 0 amide bonds. The number of fused-ring (bicyclic) bond motifs is 1. The first-order valence-corrected chi connectivity index (χ1v) is 10.00. The Morgan fingerprint density at radius 2 is 1.93 bits per heavy atom. The molecule has 4 rings (SSSR count). The summed E-state index contributed by atoms with van der Waals surface area (Å²) >= 11 is 6.42. The summed E-state index contributed by atoms with van der Waals surface area (Å²) in [5.41, 5.74) is -1.01. The van der Waals surface area contributed by atoms with Crippen LogP contribution in [0.15, 0.2) is 17.4 Å². The lowest BCUT2D eigenvalue weighted by atomic mass is 9.70. The molecule has 0 saturated carbocycles. The average Bonchev–Trinajstić information content (AvgIpc) is 3.02. The van der Waals surface area contributed by atoms with Gasteiger partial charge in [0.2, 0.25) is 17.2 Å². The van der Waals surface area contributed by atoms with E-state index in [1.807, 2.05) is 6.92 Å². The molecule has 0 aromatic heterocycles. The molecule has 3 atom stereocenters. The van der Waals surface area contributed by atoms with Crippen molar-refractivity contribution in [1.82, 2.24) is 0 Å². The van der Waals surface area contributed by atoms with E-state index in [-0.39, 0.29) is 34.2 Å².